The predicted octanol–water partition coefficient (Wildman–Crippen LogP) is 1.97. The van der Waals surface area contributed by atoms with E-state index in [1.54, 1.807) is 24.3 Å². The number of hydrogen-bond donors (Lipinski definition) is 1. The van der Waals surface area contributed by atoms with Gasteiger partial charge in [0, 0.05) is 6.26 Å². The molecule has 0 unspecified atom stereocenters. The lowest BCUT2D eigenvalue weighted by molar-refractivity contribution is 0.341. The number of benzene rings is 2. The van der Waals surface area contributed by atoms with Crippen molar-refractivity contribution in [3.8, 4) is 11.5 Å². The maximum absolute atomic E-state index is 11.0. The molecule has 0 amide bonds. The molecule has 1 N–H and O–H groups in total. The zero-order valence-corrected chi connectivity index (χ0v) is 10.8. The predicted molar refractivity (Wildman–Crippen MR) is 70.8 cm³/mol. The van der Waals surface area contributed by atoms with E-state index >= 15 is 0 Å². The van der Waals surface area contributed by atoms with E-state index in [2.05, 4.69) is 0 Å². The highest BCUT2D eigenvalue weighted by atomic mass is 32.2. The molecule has 96 valence electrons. The molecule has 2 aromatic rings. The Morgan fingerprint density at radius 3 is 2.56 bits per heavy atom. The zero-order valence-electron chi connectivity index (χ0n) is 9.96. The van der Waals surface area contributed by atoms with Crippen molar-refractivity contribution in [2.45, 2.75) is 0 Å². The van der Waals surface area contributed by atoms with Crippen molar-refractivity contribution in [2.75, 3.05) is 18.6 Å². The summed E-state index contributed by atoms with van der Waals surface area (Å²) in [4.78, 5) is 0. The molecule has 2 aromatic carbocycles. The molecule has 0 spiro atoms. The molecule has 0 atom stereocenters. The summed E-state index contributed by atoms with van der Waals surface area (Å²) >= 11 is 0. The molecular weight excluding hydrogens is 252 g/mol. The second-order valence-electron chi connectivity index (χ2n) is 4.17. The van der Waals surface area contributed by atoms with E-state index in [0.29, 0.717) is 5.75 Å². The number of phenolic OH excluding ortho intramolecular Hbond substituents is 1. The van der Waals surface area contributed by atoms with E-state index in [9.17, 15) is 13.5 Å². The van der Waals surface area contributed by atoms with Crippen LogP contribution in [0, 0.1) is 0 Å². The Morgan fingerprint density at radius 1 is 1.11 bits per heavy atom. The number of aromatic hydroxyl groups is 1. The quantitative estimate of drug-likeness (QED) is 0.919. The van der Waals surface area contributed by atoms with Crippen molar-refractivity contribution in [1.82, 2.24) is 0 Å². The number of sulfone groups is 1. The minimum Gasteiger partial charge on any atom is -0.508 e. The Bertz CT molecular complexity index is 662. The molecule has 0 aromatic heterocycles. The summed E-state index contributed by atoms with van der Waals surface area (Å²) in [6, 6.07) is 10.5. The summed E-state index contributed by atoms with van der Waals surface area (Å²) in [7, 11) is -3.01. The molecule has 0 saturated carbocycles. The first-order valence-electron chi connectivity index (χ1n) is 5.47. The molecular formula is C13H14O4S. The lowest BCUT2D eigenvalue weighted by Crippen LogP contribution is -2.11. The van der Waals surface area contributed by atoms with E-state index < -0.39 is 9.84 Å². The number of fused-ring (bicyclic) bond motifs is 1. The van der Waals surface area contributed by atoms with Gasteiger partial charge in [-0.05, 0) is 35.0 Å². The van der Waals surface area contributed by atoms with Gasteiger partial charge in [-0.25, -0.2) is 8.42 Å². The summed E-state index contributed by atoms with van der Waals surface area (Å²) in [5.41, 5.74) is 0. The fourth-order valence-electron chi connectivity index (χ4n) is 1.61. The van der Waals surface area contributed by atoms with Gasteiger partial charge in [0.2, 0.25) is 0 Å². The van der Waals surface area contributed by atoms with Gasteiger partial charge >= 0.3 is 0 Å². The van der Waals surface area contributed by atoms with Crippen LogP contribution in [-0.2, 0) is 9.84 Å². The smallest absolute Gasteiger partial charge is 0.150 e. The van der Waals surface area contributed by atoms with E-state index in [4.69, 9.17) is 4.74 Å². The fourth-order valence-corrected chi connectivity index (χ4v) is 2.00. The summed E-state index contributed by atoms with van der Waals surface area (Å²) in [6.07, 6.45) is 1.18. The Labute approximate surface area is 106 Å². The van der Waals surface area contributed by atoms with Gasteiger partial charge in [-0.15, -0.1) is 0 Å². The van der Waals surface area contributed by atoms with Crippen LogP contribution < -0.4 is 4.74 Å². The van der Waals surface area contributed by atoms with Gasteiger partial charge in [-0.3, -0.25) is 0 Å². The van der Waals surface area contributed by atoms with Crippen LogP contribution in [0.3, 0.4) is 0 Å². The topological polar surface area (TPSA) is 63.6 Å². The Hall–Kier alpha value is -1.75. The first kappa shape index (κ1) is 12.7. The van der Waals surface area contributed by atoms with Crippen LogP contribution in [0.1, 0.15) is 0 Å². The SMILES string of the molecule is CS(=O)(=O)CCOc1ccc2ccc(O)cc2c1. The average Bonchev–Trinajstić information content (AvgIpc) is 2.26. The third-order valence-corrected chi connectivity index (χ3v) is 3.43. The van der Waals surface area contributed by atoms with Crippen molar-refractivity contribution >= 4 is 20.6 Å². The standard InChI is InChI=1S/C13H14O4S/c1-18(15,16)7-6-17-13-5-3-10-2-4-12(14)8-11(10)9-13/h2-5,8-9,14H,6-7H2,1H3. The largest absolute Gasteiger partial charge is 0.508 e. The third kappa shape index (κ3) is 3.37. The Morgan fingerprint density at radius 2 is 1.83 bits per heavy atom. The number of rotatable bonds is 4. The highest BCUT2D eigenvalue weighted by Crippen LogP contribution is 2.24. The normalized spacial score (nSPS) is 11.6. The van der Waals surface area contributed by atoms with Crippen molar-refractivity contribution in [3.05, 3.63) is 36.4 Å². The maximum Gasteiger partial charge on any atom is 0.150 e. The second kappa shape index (κ2) is 4.86. The average molecular weight is 266 g/mol. The molecule has 0 saturated heterocycles. The zero-order chi connectivity index (χ0) is 13.2. The fraction of sp³-hybridized carbons (Fsp3) is 0.231. The molecule has 0 aliphatic heterocycles. The van der Waals surface area contributed by atoms with E-state index in [1.807, 2.05) is 12.1 Å². The summed E-state index contributed by atoms with van der Waals surface area (Å²) < 4.78 is 27.3. The Kier molecular flexibility index (Phi) is 3.43. The van der Waals surface area contributed by atoms with E-state index in [1.165, 1.54) is 6.26 Å². The molecule has 0 bridgehead atoms. The van der Waals surface area contributed by atoms with Crippen molar-refractivity contribution < 1.29 is 18.3 Å². The third-order valence-electron chi connectivity index (χ3n) is 2.52. The van der Waals surface area contributed by atoms with Crippen LogP contribution in [-0.4, -0.2) is 32.1 Å². The molecule has 18 heavy (non-hydrogen) atoms. The van der Waals surface area contributed by atoms with Crippen LogP contribution in [0.15, 0.2) is 36.4 Å². The number of phenols is 1. The first-order chi connectivity index (χ1) is 8.44. The Balaban J connectivity index is 2.14. The molecule has 2 rings (SSSR count). The molecule has 5 heteroatoms. The molecule has 0 fully saturated rings. The van der Waals surface area contributed by atoms with E-state index in [0.717, 1.165) is 10.8 Å². The highest BCUT2D eigenvalue weighted by Gasteiger charge is 2.03. The van der Waals surface area contributed by atoms with Crippen LogP contribution in [0.5, 0.6) is 11.5 Å². The number of hydrogen-bond acceptors (Lipinski definition) is 4. The van der Waals surface area contributed by atoms with Crippen LogP contribution >= 0.6 is 0 Å². The lowest BCUT2D eigenvalue weighted by atomic mass is 10.1. The molecule has 0 radical (unpaired) electrons. The number of ether oxygens (including phenoxy) is 1. The van der Waals surface area contributed by atoms with E-state index in [-0.39, 0.29) is 18.1 Å². The van der Waals surface area contributed by atoms with Gasteiger partial charge in [0.05, 0.1) is 5.75 Å². The minimum atomic E-state index is -3.01. The van der Waals surface area contributed by atoms with Gasteiger partial charge in [-0.1, -0.05) is 12.1 Å². The van der Waals surface area contributed by atoms with Crippen LogP contribution in [0.4, 0.5) is 0 Å². The van der Waals surface area contributed by atoms with Gasteiger partial charge in [-0.2, -0.15) is 0 Å². The van der Waals surface area contributed by atoms with Gasteiger partial charge in [0.1, 0.15) is 18.1 Å². The molecule has 0 aliphatic carbocycles. The van der Waals surface area contributed by atoms with Gasteiger partial charge in [0.25, 0.3) is 0 Å². The monoisotopic (exact) mass is 266 g/mol. The van der Waals surface area contributed by atoms with Crippen LogP contribution in [0.2, 0.25) is 0 Å². The van der Waals surface area contributed by atoms with Gasteiger partial charge in [0.15, 0.2) is 9.84 Å². The van der Waals surface area contributed by atoms with Crippen LogP contribution in [0.25, 0.3) is 10.8 Å². The molecule has 4 nitrogen and oxygen atoms in total. The summed E-state index contributed by atoms with van der Waals surface area (Å²) in [5.74, 6) is 0.776. The lowest BCUT2D eigenvalue weighted by Gasteiger charge is -2.06. The highest BCUT2D eigenvalue weighted by molar-refractivity contribution is 7.90. The van der Waals surface area contributed by atoms with Crippen molar-refractivity contribution in [3.63, 3.8) is 0 Å². The molecule has 0 aliphatic rings. The second-order valence-corrected chi connectivity index (χ2v) is 6.43. The van der Waals surface area contributed by atoms with Crippen molar-refractivity contribution in [1.29, 1.82) is 0 Å². The first-order valence-corrected chi connectivity index (χ1v) is 7.53. The maximum atomic E-state index is 11.0. The van der Waals surface area contributed by atoms with Crippen molar-refractivity contribution in [2.24, 2.45) is 0 Å². The minimum absolute atomic E-state index is 0.00885. The molecule has 0 heterocycles. The summed E-state index contributed by atoms with van der Waals surface area (Å²) in [6.45, 7) is 0.128. The van der Waals surface area contributed by atoms with Gasteiger partial charge < -0.3 is 9.84 Å². The summed E-state index contributed by atoms with van der Waals surface area (Å²) in [5, 5.41) is 11.2.